The molecule has 4 aromatic carbocycles. The Balaban J connectivity index is 0.000000129. The molecule has 6 atom stereocenters. The number of likely N-dealkylation sites (tertiary alicyclic amines) is 2. The maximum Gasteiger partial charge on any atom is 0.254 e. The fourth-order valence-corrected chi connectivity index (χ4v) is 9.06. The van der Waals surface area contributed by atoms with Gasteiger partial charge in [-0.3, -0.25) is 9.59 Å². The van der Waals surface area contributed by atoms with Crippen molar-refractivity contribution in [3.63, 3.8) is 0 Å². The van der Waals surface area contributed by atoms with Crippen LogP contribution < -0.4 is 0 Å². The Morgan fingerprint density at radius 1 is 0.617 bits per heavy atom. The van der Waals surface area contributed by atoms with Crippen LogP contribution in [0.25, 0.3) is 43.6 Å². The van der Waals surface area contributed by atoms with Crippen LogP contribution in [0.1, 0.15) is 46.4 Å². The van der Waals surface area contributed by atoms with Gasteiger partial charge in [0, 0.05) is 74.9 Å². The Bertz CT molecular complexity index is 2220. The molecule has 2 saturated heterocycles. The molecular formula is C39H38N4O4. The minimum Gasteiger partial charge on any atom is -0.391 e. The molecule has 4 aliphatic rings. The van der Waals surface area contributed by atoms with Crippen LogP contribution in [0.5, 0.6) is 0 Å². The lowest BCUT2D eigenvalue weighted by Crippen LogP contribution is -2.44. The average Bonchev–Trinajstić information content (AvgIpc) is 3.95. The second kappa shape index (κ2) is 10.7. The molecule has 2 saturated carbocycles. The number of aliphatic hydroxyl groups is 2. The third-order valence-corrected chi connectivity index (χ3v) is 11.3. The van der Waals surface area contributed by atoms with Gasteiger partial charge in [-0.2, -0.15) is 0 Å². The number of hydrogen-bond acceptors (Lipinski definition) is 4. The fraction of sp³-hybridized carbons (Fsp3) is 0.333. The highest BCUT2D eigenvalue weighted by Gasteiger charge is 2.47. The van der Waals surface area contributed by atoms with Crippen LogP contribution >= 0.6 is 0 Å². The van der Waals surface area contributed by atoms with E-state index < -0.39 is 0 Å². The predicted octanol–water partition coefficient (Wildman–Crippen LogP) is 5.84. The van der Waals surface area contributed by atoms with E-state index in [0.717, 1.165) is 77.0 Å². The van der Waals surface area contributed by atoms with Gasteiger partial charge >= 0.3 is 0 Å². The summed E-state index contributed by atoms with van der Waals surface area (Å²) in [5.41, 5.74) is 5.87. The highest BCUT2D eigenvalue weighted by atomic mass is 16.3. The van der Waals surface area contributed by atoms with Crippen LogP contribution in [-0.4, -0.2) is 78.8 Å². The first-order valence-corrected chi connectivity index (χ1v) is 16.8. The van der Waals surface area contributed by atoms with E-state index in [1.54, 1.807) is 0 Å². The van der Waals surface area contributed by atoms with Gasteiger partial charge in [0.25, 0.3) is 11.8 Å². The van der Waals surface area contributed by atoms with Crippen LogP contribution in [0.4, 0.5) is 0 Å². The number of carbonyl (C=O) groups is 2. The molecule has 8 nitrogen and oxygen atoms in total. The van der Waals surface area contributed by atoms with Gasteiger partial charge in [0.2, 0.25) is 0 Å². The number of para-hydroxylation sites is 2. The topological polar surface area (TPSA) is 102 Å². The molecule has 2 aliphatic carbocycles. The summed E-state index contributed by atoms with van der Waals surface area (Å²) in [6, 6.07) is 28.2. The molecule has 0 radical (unpaired) electrons. The summed E-state index contributed by atoms with van der Waals surface area (Å²) in [7, 11) is 2.06. The molecule has 6 aromatic rings. The van der Waals surface area contributed by atoms with Crippen LogP contribution in [-0.2, 0) is 7.05 Å². The maximum absolute atomic E-state index is 13.0. The van der Waals surface area contributed by atoms with E-state index in [1.807, 2.05) is 76.5 Å². The normalized spacial score (nSPS) is 26.2. The number of fused-ring (bicyclic) bond motifs is 10. The predicted molar refractivity (Wildman–Crippen MR) is 183 cm³/mol. The fourth-order valence-electron chi connectivity index (χ4n) is 9.06. The Morgan fingerprint density at radius 2 is 1.15 bits per heavy atom. The first kappa shape index (κ1) is 28.6. The molecule has 2 aromatic heterocycles. The highest BCUT2D eigenvalue weighted by Crippen LogP contribution is 2.40. The Kier molecular flexibility index (Phi) is 6.49. The van der Waals surface area contributed by atoms with Gasteiger partial charge < -0.3 is 29.6 Å². The molecule has 6 unspecified atom stereocenters. The minimum atomic E-state index is -0.353. The van der Waals surface area contributed by atoms with Crippen molar-refractivity contribution in [2.75, 3.05) is 13.1 Å². The number of rotatable bonds is 2. The second-order valence-electron chi connectivity index (χ2n) is 14.1. The van der Waals surface area contributed by atoms with Crippen molar-refractivity contribution in [1.82, 2.24) is 19.4 Å². The number of aromatic amines is 1. The Labute approximate surface area is 272 Å². The number of benzene rings is 4. The lowest BCUT2D eigenvalue weighted by atomic mass is 10.0. The van der Waals surface area contributed by atoms with Crippen molar-refractivity contribution in [2.24, 2.45) is 18.9 Å². The molecular weight excluding hydrogens is 588 g/mol. The van der Waals surface area contributed by atoms with Crippen molar-refractivity contribution in [1.29, 1.82) is 0 Å². The second-order valence-corrected chi connectivity index (χ2v) is 14.1. The van der Waals surface area contributed by atoms with Crippen molar-refractivity contribution in [3.05, 3.63) is 96.1 Å². The van der Waals surface area contributed by atoms with E-state index in [2.05, 4.69) is 34.8 Å². The van der Waals surface area contributed by atoms with Crippen molar-refractivity contribution in [3.8, 4) is 0 Å². The molecule has 4 heterocycles. The number of aromatic nitrogens is 2. The summed E-state index contributed by atoms with van der Waals surface area (Å²) in [5.74, 6) is 1.03. The zero-order valence-electron chi connectivity index (χ0n) is 26.3. The summed E-state index contributed by atoms with van der Waals surface area (Å²) < 4.78 is 2.17. The van der Waals surface area contributed by atoms with Crippen LogP contribution in [0.15, 0.2) is 84.9 Å². The highest BCUT2D eigenvalue weighted by molar-refractivity contribution is 6.11. The van der Waals surface area contributed by atoms with E-state index >= 15 is 0 Å². The largest absolute Gasteiger partial charge is 0.391 e. The zero-order valence-corrected chi connectivity index (χ0v) is 26.3. The molecule has 238 valence electrons. The van der Waals surface area contributed by atoms with Gasteiger partial charge in [0.15, 0.2) is 0 Å². The molecule has 47 heavy (non-hydrogen) atoms. The maximum atomic E-state index is 13.0. The van der Waals surface area contributed by atoms with Crippen LogP contribution in [0, 0.1) is 11.8 Å². The van der Waals surface area contributed by atoms with Crippen molar-refractivity contribution >= 4 is 55.4 Å². The number of hydrogen-bond donors (Lipinski definition) is 3. The first-order chi connectivity index (χ1) is 22.8. The molecule has 8 heteroatoms. The average molecular weight is 627 g/mol. The number of H-pyrrole nitrogens is 1. The van der Waals surface area contributed by atoms with E-state index in [9.17, 15) is 19.8 Å². The number of aryl methyl sites for hydroxylation is 1. The summed E-state index contributed by atoms with van der Waals surface area (Å²) in [5, 5.41) is 24.7. The number of nitrogens with one attached hydrogen (secondary N) is 1. The lowest BCUT2D eigenvalue weighted by molar-refractivity contribution is 0.0402. The number of piperidine rings is 2. The van der Waals surface area contributed by atoms with Crippen LogP contribution in [0.2, 0.25) is 0 Å². The van der Waals surface area contributed by atoms with Crippen LogP contribution in [0.3, 0.4) is 0 Å². The molecule has 3 N–H and O–H groups in total. The number of amides is 2. The summed E-state index contributed by atoms with van der Waals surface area (Å²) in [4.78, 5) is 33.0. The quantitative estimate of drug-likeness (QED) is 0.225. The number of nitrogens with zero attached hydrogens (tertiary/aromatic N) is 3. The summed E-state index contributed by atoms with van der Waals surface area (Å²) in [6.45, 7) is 1.57. The Morgan fingerprint density at radius 3 is 1.79 bits per heavy atom. The molecule has 0 spiro atoms. The third kappa shape index (κ3) is 4.49. The van der Waals surface area contributed by atoms with Gasteiger partial charge in [-0.15, -0.1) is 0 Å². The first-order valence-electron chi connectivity index (χ1n) is 16.8. The van der Waals surface area contributed by atoms with Crippen molar-refractivity contribution < 1.29 is 19.8 Å². The number of carbonyl (C=O) groups excluding carboxylic acids is 2. The number of aliphatic hydroxyl groups excluding tert-OH is 2. The lowest BCUT2D eigenvalue weighted by Gasteiger charge is -2.30. The van der Waals surface area contributed by atoms with Gasteiger partial charge in [-0.25, -0.2) is 0 Å². The summed E-state index contributed by atoms with van der Waals surface area (Å²) in [6.07, 6.45) is 2.88. The standard InChI is InChI=1S/C20H20N2O2.C19H18N2O2/c1-21-16-5-3-2-4-14(16)15-10-13(6-7-17(15)21)20(24)22-11-12-8-18(22)19(23)9-12;22-18-8-11-7-17(18)21(10-11)19(23)12-5-6-16-14(9-12)13-3-1-2-4-15(13)20-16/h2-7,10,12,18-19,23H,8-9,11H2,1H3;1-6,9,11,17-18,20,22H,7-8,10H2. The SMILES string of the molecule is Cn1c2ccccc2c2cc(C(=O)N3CC4CC(O)C3C4)ccc21.O=C(c1ccc2[nH]c3ccccc3c2c1)N1CC2CC(O)C1C2. The van der Waals surface area contributed by atoms with Crippen molar-refractivity contribution in [2.45, 2.75) is 50.0 Å². The van der Waals surface area contributed by atoms with Gasteiger partial charge in [-0.1, -0.05) is 36.4 Å². The van der Waals surface area contributed by atoms with E-state index in [1.165, 1.54) is 10.9 Å². The molecule has 2 aliphatic heterocycles. The summed E-state index contributed by atoms with van der Waals surface area (Å²) >= 11 is 0. The van der Waals surface area contributed by atoms with E-state index in [0.29, 0.717) is 17.4 Å². The molecule has 4 fully saturated rings. The minimum absolute atomic E-state index is 0.00529. The van der Waals surface area contributed by atoms with E-state index in [4.69, 9.17) is 0 Å². The third-order valence-electron chi connectivity index (χ3n) is 11.3. The van der Waals surface area contributed by atoms with Gasteiger partial charge in [-0.05, 0) is 86.1 Å². The van der Waals surface area contributed by atoms with E-state index in [-0.39, 0.29) is 36.1 Å². The zero-order chi connectivity index (χ0) is 32.0. The van der Waals surface area contributed by atoms with Gasteiger partial charge in [0.1, 0.15) is 0 Å². The molecule has 2 amide bonds. The molecule has 10 rings (SSSR count). The molecule has 4 bridgehead atoms. The smallest absolute Gasteiger partial charge is 0.254 e. The van der Waals surface area contributed by atoms with Gasteiger partial charge in [0.05, 0.1) is 24.3 Å². The Hall–Kier alpha value is -4.66. The monoisotopic (exact) mass is 626 g/mol.